The zero-order valence-electron chi connectivity index (χ0n) is 10.3. The molecule has 8 heteroatoms. The van der Waals surface area contributed by atoms with Crippen LogP contribution >= 0.6 is 11.3 Å². The summed E-state index contributed by atoms with van der Waals surface area (Å²) in [4.78, 5) is 0. The van der Waals surface area contributed by atoms with Crippen LogP contribution in [0.1, 0.15) is 0 Å². The molecule has 1 aliphatic heterocycles. The minimum atomic E-state index is -3.76. The first-order valence-electron chi connectivity index (χ1n) is 5.87. The van der Waals surface area contributed by atoms with Gasteiger partial charge in [-0.3, -0.25) is 0 Å². The van der Waals surface area contributed by atoms with Gasteiger partial charge in [-0.15, -0.1) is 15.6 Å². The molecule has 106 valence electrons. The molecular formula is C12H12NO5S2+. The van der Waals surface area contributed by atoms with Gasteiger partial charge in [0.2, 0.25) is 12.4 Å². The Morgan fingerprint density at radius 2 is 2.00 bits per heavy atom. The number of fused-ring (bicyclic) bond motifs is 1. The van der Waals surface area contributed by atoms with E-state index in [1.165, 1.54) is 23.7 Å². The van der Waals surface area contributed by atoms with Crippen molar-refractivity contribution in [1.29, 1.82) is 0 Å². The molecule has 0 aromatic carbocycles. The number of pyridine rings is 1. The lowest BCUT2D eigenvalue weighted by Crippen LogP contribution is -2.48. The Labute approximate surface area is 120 Å². The van der Waals surface area contributed by atoms with Crippen molar-refractivity contribution in [2.75, 3.05) is 12.4 Å². The first-order valence-corrected chi connectivity index (χ1v) is 8.39. The van der Waals surface area contributed by atoms with Gasteiger partial charge < -0.3 is 9.47 Å². The van der Waals surface area contributed by atoms with Gasteiger partial charge in [0.15, 0.2) is 17.6 Å². The van der Waals surface area contributed by atoms with Crippen molar-refractivity contribution in [3.05, 3.63) is 41.4 Å². The van der Waals surface area contributed by atoms with Gasteiger partial charge in [0.25, 0.3) is 0 Å². The highest BCUT2D eigenvalue weighted by molar-refractivity contribution is 7.86. The summed E-state index contributed by atoms with van der Waals surface area (Å²) in [6.07, 6.45) is 2.44. The molecule has 1 atom stereocenters. The minimum Gasteiger partial charge on any atom is -0.485 e. The van der Waals surface area contributed by atoms with E-state index in [4.69, 9.17) is 13.8 Å². The van der Waals surface area contributed by atoms with Gasteiger partial charge in [-0.2, -0.15) is 8.42 Å². The van der Waals surface area contributed by atoms with Gasteiger partial charge in [0.1, 0.15) is 12.4 Å². The van der Waals surface area contributed by atoms with Crippen LogP contribution in [0.3, 0.4) is 0 Å². The van der Waals surface area contributed by atoms with Gasteiger partial charge in [-0.25, -0.2) is 0 Å². The maximum Gasteiger partial charge on any atom is 0.371 e. The second kappa shape index (κ2) is 5.29. The summed E-state index contributed by atoms with van der Waals surface area (Å²) in [6.45, 7) is 0.186. The number of aromatic nitrogens is 1. The highest BCUT2D eigenvalue weighted by Crippen LogP contribution is 2.35. The zero-order valence-corrected chi connectivity index (χ0v) is 12.0. The fourth-order valence-corrected chi connectivity index (χ4v) is 3.48. The summed E-state index contributed by atoms with van der Waals surface area (Å²) < 4.78 is 40.9. The van der Waals surface area contributed by atoms with Crippen molar-refractivity contribution in [2.45, 2.75) is 6.10 Å². The van der Waals surface area contributed by atoms with Crippen LogP contribution in [-0.2, 0) is 10.1 Å². The van der Waals surface area contributed by atoms with Gasteiger partial charge in [-0.05, 0) is 0 Å². The average Bonchev–Trinajstić information content (AvgIpc) is 2.86. The van der Waals surface area contributed by atoms with E-state index in [2.05, 4.69) is 0 Å². The van der Waals surface area contributed by atoms with E-state index in [0.717, 1.165) is 4.73 Å². The molecule has 0 aliphatic carbocycles. The van der Waals surface area contributed by atoms with Crippen molar-refractivity contribution in [2.24, 2.45) is 0 Å². The Morgan fingerprint density at radius 1 is 1.25 bits per heavy atom. The molecule has 0 saturated heterocycles. The molecule has 2 aromatic rings. The van der Waals surface area contributed by atoms with Crippen LogP contribution in [0.5, 0.6) is 11.5 Å². The molecule has 20 heavy (non-hydrogen) atoms. The molecule has 3 rings (SSSR count). The van der Waals surface area contributed by atoms with Crippen LogP contribution in [-0.4, -0.2) is 26.9 Å². The van der Waals surface area contributed by atoms with E-state index in [1.54, 1.807) is 23.6 Å². The molecule has 0 fully saturated rings. The van der Waals surface area contributed by atoms with E-state index in [-0.39, 0.29) is 12.4 Å². The molecule has 0 bridgehead atoms. The summed E-state index contributed by atoms with van der Waals surface area (Å²) in [5.41, 5.74) is 0. The molecule has 1 aliphatic rings. The summed E-state index contributed by atoms with van der Waals surface area (Å²) in [5.74, 6) is 0.959. The Kier molecular flexibility index (Phi) is 3.49. The molecule has 2 aromatic heterocycles. The van der Waals surface area contributed by atoms with Crippen molar-refractivity contribution in [3.63, 3.8) is 0 Å². The smallest absolute Gasteiger partial charge is 0.371 e. The molecule has 3 heterocycles. The van der Waals surface area contributed by atoms with E-state index in [1.807, 2.05) is 5.38 Å². The van der Waals surface area contributed by atoms with Crippen molar-refractivity contribution < 1.29 is 26.9 Å². The third-order valence-electron chi connectivity index (χ3n) is 2.59. The molecule has 0 amide bonds. The first kappa shape index (κ1) is 13.2. The average molecular weight is 314 g/mol. The van der Waals surface area contributed by atoms with Crippen LogP contribution < -0.4 is 18.5 Å². The number of hydrogen-bond donors (Lipinski definition) is 0. The summed E-state index contributed by atoms with van der Waals surface area (Å²) in [7, 11) is -3.76. The number of nitrogens with zero attached hydrogens (tertiary/aromatic N) is 1. The maximum absolute atomic E-state index is 11.9. The second-order valence-corrected chi connectivity index (χ2v) is 6.53. The van der Waals surface area contributed by atoms with Crippen molar-refractivity contribution in [1.82, 2.24) is 0 Å². The first-order chi connectivity index (χ1) is 9.62. The topological polar surface area (TPSA) is 65.7 Å². The van der Waals surface area contributed by atoms with Gasteiger partial charge in [0, 0.05) is 27.6 Å². The van der Waals surface area contributed by atoms with E-state index in [0.29, 0.717) is 11.5 Å². The molecular weight excluding hydrogens is 302 g/mol. The number of rotatable bonds is 4. The Morgan fingerprint density at radius 3 is 2.80 bits per heavy atom. The molecule has 6 nitrogen and oxygen atoms in total. The predicted octanol–water partition coefficient (Wildman–Crippen LogP) is 0.634. The summed E-state index contributed by atoms with van der Waals surface area (Å²) >= 11 is 1.44. The predicted molar refractivity (Wildman–Crippen MR) is 71.2 cm³/mol. The number of thiophene rings is 1. The molecule has 0 radical (unpaired) electrons. The summed E-state index contributed by atoms with van der Waals surface area (Å²) in [5, 5.41) is 3.59. The van der Waals surface area contributed by atoms with Crippen molar-refractivity contribution >= 4 is 21.5 Å². The van der Waals surface area contributed by atoms with Gasteiger partial charge >= 0.3 is 10.1 Å². The van der Waals surface area contributed by atoms with E-state index in [9.17, 15) is 8.42 Å². The quantitative estimate of drug-likeness (QED) is 0.775. The largest absolute Gasteiger partial charge is 0.485 e. The third-order valence-corrected chi connectivity index (χ3v) is 4.47. The van der Waals surface area contributed by atoms with Crippen LogP contribution in [0.4, 0.5) is 0 Å². The molecule has 0 spiro atoms. The normalized spacial score (nSPS) is 17.7. The third kappa shape index (κ3) is 3.02. The van der Waals surface area contributed by atoms with Crippen LogP contribution in [0.25, 0.3) is 0 Å². The highest BCUT2D eigenvalue weighted by atomic mass is 32.2. The lowest BCUT2D eigenvalue weighted by Gasteiger charge is -2.23. The lowest BCUT2D eigenvalue weighted by atomic mass is 10.4. The minimum absolute atomic E-state index is 0.186. The Balaban J connectivity index is 1.66. The van der Waals surface area contributed by atoms with Gasteiger partial charge in [-0.1, -0.05) is 6.07 Å². The number of ether oxygens (including phenoxy) is 2. The van der Waals surface area contributed by atoms with Crippen LogP contribution in [0.2, 0.25) is 0 Å². The van der Waals surface area contributed by atoms with E-state index >= 15 is 0 Å². The van der Waals surface area contributed by atoms with Crippen molar-refractivity contribution in [3.8, 4) is 11.5 Å². The molecule has 0 N–H and O–H groups in total. The maximum atomic E-state index is 11.9. The van der Waals surface area contributed by atoms with Crippen LogP contribution in [0, 0.1) is 0 Å². The number of hydrogen-bond acceptors (Lipinski definition) is 6. The molecule has 0 saturated carbocycles. The fraction of sp³-hybridized carbons (Fsp3) is 0.250. The second-order valence-electron chi connectivity index (χ2n) is 4.19. The van der Waals surface area contributed by atoms with Gasteiger partial charge in [0.05, 0.1) is 0 Å². The Bertz CT molecular complexity index is 683. The highest BCUT2D eigenvalue weighted by Gasteiger charge is 2.30. The lowest BCUT2D eigenvalue weighted by molar-refractivity contribution is -0.856. The standard InChI is InChI=1S/C12H12NO5S2/c14-20(15,18-13-4-2-1-3-5-13)9-10-6-16-11-7-19-8-12(11)17-10/h1-5,7-8,10H,6,9H2/q+1. The van der Waals surface area contributed by atoms with E-state index < -0.39 is 16.2 Å². The summed E-state index contributed by atoms with van der Waals surface area (Å²) in [6, 6.07) is 5.11. The monoisotopic (exact) mass is 314 g/mol. The SMILES string of the molecule is O=S(=O)(CC1COc2cscc2O1)O[n+]1ccccc1. The zero-order chi connectivity index (χ0) is 14.0. The van der Waals surface area contributed by atoms with Crippen LogP contribution in [0.15, 0.2) is 41.4 Å². The molecule has 1 unspecified atom stereocenters. The Hall–Kier alpha value is -1.80. The fourth-order valence-electron chi connectivity index (χ4n) is 1.77.